The smallest absolute Gasteiger partial charge is 0.256 e. The molecule has 0 radical (unpaired) electrons. The summed E-state index contributed by atoms with van der Waals surface area (Å²) in [4.78, 5) is 13.7. The van der Waals surface area contributed by atoms with Gasteiger partial charge in [-0.05, 0) is 25.1 Å². The first-order valence-corrected chi connectivity index (χ1v) is 6.66. The van der Waals surface area contributed by atoms with Gasteiger partial charge in [-0.2, -0.15) is 0 Å². The van der Waals surface area contributed by atoms with E-state index in [1.807, 2.05) is 6.92 Å². The molecule has 21 heavy (non-hydrogen) atoms. The zero-order valence-corrected chi connectivity index (χ0v) is 12.5. The molecule has 0 fully saturated rings. The van der Waals surface area contributed by atoms with Gasteiger partial charge in [-0.25, -0.2) is 4.39 Å². The van der Waals surface area contributed by atoms with Crippen LogP contribution in [0.3, 0.4) is 0 Å². The lowest BCUT2D eigenvalue weighted by molar-refractivity contribution is 0.0629. The molecular weight excluding hydrogens is 273 g/mol. The van der Waals surface area contributed by atoms with Gasteiger partial charge in [0.05, 0.1) is 24.8 Å². The number of hydrogen-bond donors (Lipinski definition) is 1. The van der Waals surface area contributed by atoms with Crippen molar-refractivity contribution < 1.29 is 19.0 Å². The first-order valence-electron chi connectivity index (χ1n) is 6.66. The number of amides is 1. The van der Waals surface area contributed by atoms with Crippen LogP contribution in [0.2, 0.25) is 0 Å². The number of hydrogen-bond acceptors (Lipinski definition) is 3. The van der Waals surface area contributed by atoms with Crippen LogP contribution >= 0.6 is 0 Å². The minimum absolute atomic E-state index is 0.0174. The Balaban J connectivity index is 2.98. The van der Waals surface area contributed by atoms with Crippen LogP contribution in [0.25, 0.3) is 0 Å². The van der Waals surface area contributed by atoms with E-state index in [-0.39, 0.29) is 18.2 Å². The molecule has 1 amide bonds. The number of carbonyl (C=O) groups is 1. The summed E-state index contributed by atoms with van der Waals surface area (Å²) in [7, 11) is 3.16. The zero-order valence-electron chi connectivity index (χ0n) is 12.5. The summed E-state index contributed by atoms with van der Waals surface area (Å²) in [6.45, 7) is 2.17. The predicted octanol–water partition coefficient (Wildman–Crippen LogP) is 1.67. The van der Waals surface area contributed by atoms with Crippen LogP contribution in [0.1, 0.15) is 29.3 Å². The molecule has 0 bridgehead atoms. The fraction of sp³-hybridized carbons (Fsp3) is 0.438. The first kappa shape index (κ1) is 17.2. The molecule has 5 heteroatoms. The number of aliphatic hydroxyl groups is 1. The van der Waals surface area contributed by atoms with Gasteiger partial charge in [0.2, 0.25) is 0 Å². The molecular formula is C16H20FNO3. The third kappa shape index (κ3) is 4.85. The molecule has 0 aliphatic heterocycles. The number of rotatable bonds is 5. The Kier molecular flexibility index (Phi) is 6.86. The van der Waals surface area contributed by atoms with Crippen LogP contribution in [0.15, 0.2) is 18.2 Å². The van der Waals surface area contributed by atoms with Gasteiger partial charge in [0.15, 0.2) is 0 Å². The maximum absolute atomic E-state index is 13.9. The number of ether oxygens (including phenoxy) is 1. The Morgan fingerprint density at radius 1 is 1.52 bits per heavy atom. The molecule has 0 aliphatic rings. The summed E-state index contributed by atoms with van der Waals surface area (Å²) in [5, 5.41) is 8.68. The van der Waals surface area contributed by atoms with Crippen molar-refractivity contribution in [1.29, 1.82) is 0 Å². The van der Waals surface area contributed by atoms with Crippen LogP contribution in [-0.4, -0.2) is 49.3 Å². The third-order valence-corrected chi connectivity index (χ3v) is 3.06. The standard InChI is InChI=1S/C16H20FNO3/c1-12(11-21-3)18(2)16(20)14-10-13(6-4-5-9-19)7-8-15(14)17/h7-8,10,12,19H,5,9,11H2,1-3H3. The lowest BCUT2D eigenvalue weighted by atomic mass is 10.1. The topological polar surface area (TPSA) is 49.8 Å². The molecule has 0 aliphatic carbocycles. The normalized spacial score (nSPS) is 11.5. The summed E-state index contributed by atoms with van der Waals surface area (Å²) in [6.07, 6.45) is 0.339. The van der Waals surface area contributed by atoms with E-state index in [0.717, 1.165) is 0 Å². The molecule has 0 saturated heterocycles. The molecule has 1 unspecified atom stereocenters. The van der Waals surface area contributed by atoms with Crippen molar-refractivity contribution in [2.45, 2.75) is 19.4 Å². The van der Waals surface area contributed by atoms with Gasteiger partial charge in [-0.15, -0.1) is 0 Å². The van der Waals surface area contributed by atoms with Gasteiger partial charge in [0, 0.05) is 26.1 Å². The summed E-state index contributed by atoms with van der Waals surface area (Å²) in [6, 6.07) is 4.00. The van der Waals surface area contributed by atoms with Gasteiger partial charge in [0.25, 0.3) is 5.91 Å². The second kappa shape index (κ2) is 8.40. The minimum atomic E-state index is -0.579. The van der Waals surface area contributed by atoms with Gasteiger partial charge in [-0.3, -0.25) is 4.79 Å². The minimum Gasteiger partial charge on any atom is -0.395 e. The summed E-state index contributed by atoms with van der Waals surface area (Å²) in [5.74, 6) is 4.54. The van der Waals surface area contributed by atoms with Crippen LogP contribution in [0.4, 0.5) is 4.39 Å². The third-order valence-electron chi connectivity index (χ3n) is 3.06. The Morgan fingerprint density at radius 2 is 2.24 bits per heavy atom. The van der Waals surface area contributed by atoms with E-state index < -0.39 is 11.7 Å². The molecule has 1 atom stereocenters. The van der Waals surface area contributed by atoms with E-state index in [2.05, 4.69) is 11.8 Å². The second-order valence-electron chi connectivity index (χ2n) is 4.69. The number of aliphatic hydroxyl groups excluding tert-OH is 1. The molecule has 1 rings (SSSR count). The Labute approximate surface area is 124 Å². The number of nitrogens with zero attached hydrogens (tertiary/aromatic N) is 1. The summed E-state index contributed by atoms with van der Waals surface area (Å²) < 4.78 is 18.8. The SMILES string of the molecule is COCC(C)N(C)C(=O)c1cc(C#CCCO)ccc1F. The van der Waals surface area contributed by atoms with Crippen molar-refractivity contribution in [3.05, 3.63) is 35.1 Å². The van der Waals surface area contributed by atoms with E-state index in [1.54, 1.807) is 14.2 Å². The van der Waals surface area contributed by atoms with E-state index in [4.69, 9.17) is 9.84 Å². The highest BCUT2D eigenvalue weighted by molar-refractivity contribution is 5.94. The average molecular weight is 293 g/mol. The summed E-state index contributed by atoms with van der Waals surface area (Å²) >= 11 is 0. The number of benzene rings is 1. The van der Waals surface area contributed by atoms with E-state index in [0.29, 0.717) is 18.6 Å². The van der Waals surface area contributed by atoms with Crippen LogP contribution in [0.5, 0.6) is 0 Å². The predicted molar refractivity (Wildman–Crippen MR) is 78.4 cm³/mol. The lowest BCUT2D eigenvalue weighted by Gasteiger charge is -2.24. The first-order chi connectivity index (χ1) is 10.0. The fourth-order valence-corrected chi connectivity index (χ4v) is 1.73. The number of carbonyl (C=O) groups excluding carboxylic acids is 1. The fourth-order valence-electron chi connectivity index (χ4n) is 1.73. The molecule has 0 aromatic heterocycles. The molecule has 0 heterocycles. The quantitative estimate of drug-likeness (QED) is 0.840. The largest absolute Gasteiger partial charge is 0.395 e. The Morgan fingerprint density at radius 3 is 2.86 bits per heavy atom. The van der Waals surface area contributed by atoms with Gasteiger partial charge < -0.3 is 14.7 Å². The van der Waals surface area contributed by atoms with Crippen molar-refractivity contribution >= 4 is 5.91 Å². The molecule has 1 aromatic rings. The van der Waals surface area contributed by atoms with Gasteiger partial charge in [-0.1, -0.05) is 11.8 Å². The Hall–Kier alpha value is -1.90. The molecule has 1 aromatic carbocycles. The highest BCUT2D eigenvalue weighted by Gasteiger charge is 2.20. The van der Waals surface area contributed by atoms with Gasteiger partial charge in [0.1, 0.15) is 5.82 Å². The summed E-state index contributed by atoms with van der Waals surface area (Å²) in [5.41, 5.74) is 0.525. The van der Waals surface area contributed by atoms with Crippen molar-refractivity contribution in [1.82, 2.24) is 4.90 Å². The molecule has 1 N–H and O–H groups in total. The van der Waals surface area contributed by atoms with Crippen molar-refractivity contribution in [3.8, 4) is 11.8 Å². The van der Waals surface area contributed by atoms with Crippen LogP contribution in [-0.2, 0) is 4.74 Å². The van der Waals surface area contributed by atoms with E-state index in [9.17, 15) is 9.18 Å². The van der Waals surface area contributed by atoms with E-state index in [1.165, 1.54) is 23.1 Å². The Bertz CT molecular complexity index is 548. The molecule has 0 saturated carbocycles. The van der Waals surface area contributed by atoms with Crippen LogP contribution < -0.4 is 0 Å². The lowest BCUT2D eigenvalue weighted by Crippen LogP contribution is -2.38. The van der Waals surface area contributed by atoms with Crippen molar-refractivity contribution in [3.63, 3.8) is 0 Å². The average Bonchev–Trinajstić information content (AvgIpc) is 2.48. The monoisotopic (exact) mass is 293 g/mol. The maximum atomic E-state index is 13.9. The maximum Gasteiger partial charge on any atom is 0.256 e. The van der Waals surface area contributed by atoms with Crippen molar-refractivity contribution in [2.75, 3.05) is 27.4 Å². The zero-order chi connectivity index (χ0) is 15.8. The highest BCUT2D eigenvalue weighted by Crippen LogP contribution is 2.14. The van der Waals surface area contributed by atoms with Crippen molar-refractivity contribution in [2.24, 2.45) is 0 Å². The number of halogens is 1. The number of methoxy groups -OCH3 is 1. The second-order valence-corrected chi connectivity index (χ2v) is 4.69. The van der Waals surface area contributed by atoms with Gasteiger partial charge >= 0.3 is 0 Å². The van der Waals surface area contributed by atoms with E-state index >= 15 is 0 Å². The highest BCUT2D eigenvalue weighted by atomic mass is 19.1. The molecule has 114 valence electrons. The molecule has 4 nitrogen and oxygen atoms in total. The number of likely N-dealkylation sites (N-methyl/N-ethyl adjacent to an activating group) is 1. The molecule has 0 spiro atoms. The van der Waals surface area contributed by atoms with Crippen LogP contribution in [0, 0.1) is 17.7 Å².